The summed E-state index contributed by atoms with van der Waals surface area (Å²) in [4.78, 5) is 31.6. The van der Waals surface area contributed by atoms with Crippen LogP contribution in [0.4, 0.5) is 10.5 Å². The first kappa shape index (κ1) is 22.0. The van der Waals surface area contributed by atoms with E-state index in [1.54, 1.807) is 0 Å². The van der Waals surface area contributed by atoms with Gasteiger partial charge in [0.25, 0.3) is 0 Å². The molecule has 1 N–H and O–H groups in total. The van der Waals surface area contributed by atoms with E-state index < -0.39 is 0 Å². The predicted octanol–water partition coefficient (Wildman–Crippen LogP) is 4.24. The fraction of sp³-hybridized carbons (Fsp3) is 0.259. The summed E-state index contributed by atoms with van der Waals surface area (Å²) >= 11 is 0. The second kappa shape index (κ2) is 9.97. The molecular formula is C27H28N4O3. The van der Waals surface area contributed by atoms with E-state index >= 15 is 0 Å². The quantitative estimate of drug-likeness (QED) is 0.601. The molecule has 2 aliphatic heterocycles. The van der Waals surface area contributed by atoms with Crippen molar-refractivity contribution in [2.75, 3.05) is 37.7 Å². The van der Waals surface area contributed by atoms with Crippen molar-refractivity contribution in [1.29, 1.82) is 0 Å². The van der Waals surface area contributed by atoms with E-state index in [1.807, 2.05) is 72.8 Å². The van der Waals surface area contributed by atoms with Crippen LogP contribution in [-0.4, -0.2) is 54.6 Å². The smallest absolute Gasteiger partial charge is 0.325 e. The summed E-state index contributed by atoms with van der Waals surface area (Å²) in [5.74, 6) is 1.25. The van der Waals surface area contributed by atoms with Gasteiger partial charge >= 0.3 is 6.03 Å². The molecule has 0 saturated carbocycles. The maximum absolute atomic E-state index is 12.9. The zero-order chi connectivity index (χ0) is 23.3. The van der Waals surface area contributed by atoms with Crippen LogP contribution in [0.15, 0.2) is 84.9 Å². The van der Waals surface area contributed by atoms with Gasteiger partial charge in [0.15, 0.2) is 0 Å². The SMILES string of the molecule is O=C1CC(c2cccc(Oc3ccccc3)c2)NC(=O)N1CN1CCN(c2ccccc2)CC1. The number of piperazine rings is 1. The molecule has 1 unspecified atom stereocenters. The Morgan fingerprint density at radius 3 is 2.18 bits per heavy atom. The van der Waals surface area contributed by atoms with Gasteiger partial charge in [0, 0.05) is 31.9 Å². The largest absolute Gasteiger partial charge is 0.457 e. The van der Waals surface area contributed by atoms with Crippen molar-refractivity contribution in [2.24, 2.45) is 0 Å². The van der Waals surface area contributed by atoms with Crippen LogP contribution < -0.4 is 15.0 Å². The van der Waals surface area contributed by atoms with Crippen molar-refractivity contribution in [3.05, 3.63) is 90.5 Å². The average molecular weight is 457 g/mol. The first-order chi connectivity index (χ1) is 16.7. The molecule has 3 aromatic rings. The fourth-order valence-corrected chi connectivity index (χ4v) is 4.43. The van der Waals surface area contributed by atoms with Crippen LogP contribution in [-0.2, 0) is 4.79 Å². The number of nitrogens with zero attached hydrogens (tertiary/aromatic N) is 3. The van der Waals surface area contributed by atoms with Gasteiger partial charge in [-0.3, -0.25) is 14.6 Å². The Labute approximate surface area is 199 Å². The van der Waals surface area contributed by atoms with Crippen LogP contribution in [0.3, 0.4) is 0 Å². The van der Waals surface area contributed by atoms with Gasteiger partial charge in [-0.05, 0) is 42.0 Å². The number of urea groups is 1. The molecule has 1 atom stereocenters. The Balaban J connectivity index is 1.18. The van der Waals surface area contributed by atoms with E-state index in [4.69, 9.17) is 4.74 Å². The number of carbonyl (C=O) groups is 2. The molecule has 0 bridgehead atoms. The molecule has 0 aliphatic carbocycles. The Bertz CT molecular complexity index is 1110. The normalized spacial score (nSPS) is 19.1. The van der Waals surface area contributed by atoms with Crippen molar-refractivity contribution in [1.82, 2.24) is 15.1 Å². The predicted molar refractivity (Wildman–Crippen MR) is 131 cm³/mol. The van der Waals surface area contributed by atoms with Crippen molar-refractivity contribution in [3.8, 4) is 11.5 Å². The van der Waals surface area contributed by atoms with Crippen LogP contribution >= 0.6 is 0 Å². The minimum Gasteiger partial charge on any atom is -0.457 e. The third kappa shape index (κ3) is 5.05. The molecule has 2 aliphatic rings. The molecule has 2 fully saturated rings. The first-order valence-electron chi connectivity index (χ1n) is 11.6. The molecule has 3 amide bonds. The maximum Gasteiger partial charge on any atom is 0.325 e. The number of imide groups is 1. The maximum atomic E-state index is 12.9. The molecule has 2 saturated heterocycles. The minimum atomic E-state index is -0.370. The van der Waals surface area contributed by atoms with E-state index in [9.17, 15) is 9.59 Å². The number of para-hydroxylation sites is 2. The molecule has 34 heavy (non-hydrogen) atoms. The number of amides is 3. The lowest BCUT2D eigenvalue weighted by Gasteiger charge is -2.39. The number of carbonyl (C=O) groups excluding carboxylic acids is 2. The Morgan fingerprint density at radius 2 is 1.47 bits per heavy atom. The Kier molecular flexibility index (Phi) is 6.44. The number of ether oxygens (including phenoxy) is 1. The second-order valence-corrected chi connectivity index (χ2v) is 8.60. The molecule has 7 heteroatoms. The zero-order valence-corrected chi connectivity index (χ0v) is 19.0. The summed E-state index contributed by atoms with van der Waals surface area (Å²) in [5.41, 5.74) is 2.06. The van der Waals surface area contributed by atoms with Gasteiger partial charge in [-0.25, -0.2) is 4.79 Å². The van der Waals surface area contributed by atoms with E-state index in [0.717, 1.165) is 37.5 Å². The molecule has 0 spiro atoms. The van der Waals surface area contributed by atoms with E-state index in [1.165, 1.54) is 10.6 Å². The zero-order valence-electron chi connectivity index (χ0n) is 19.0. The average Bonchev–Trinajstić information content (AvgIpc) is 2.88. The van der Waals surface area contributed by atoms with Crippen molar-refractivity contribution in [2.45, 2.75) is 12.5 Å². The fourth-order valence-electron chi connectivity index (χ4n) is 4.43. The van der Waals surface area contributed by atoms with E-state index in [2.05, 4.69) is 27.2 Å². The molecule has 0 aromatic heterocycles. The number of rotatable bonds is 6. The lowest BCUT2D eigenvalue weighted by atomic mass is 10.0. The highest BCUT2D eigenvalue weighted by atomic mass is 16.5. The highest BCUT2D eigenvalue weighted by Gasteiger charge is 2.34. The lowest BCUT2D eigenvalue weighted by Crippen LogP contribution is -2.57. The van der Waals surface area contributed by atoms with Gasteiger partial charge < -0.3 is 15.0 Å². The van der Waals surface area contributed by atoms with Crippen LogP contribution in [0.25, 0.3) is 0 Å². The molecule has 2 heterocycles. The first-order valence-corrected chi connectivity index (χ1v) is 11.6. The number of benzene rings is 3. The van der Waals surface area contributed by atoms with Crippen molar-refractivity contribution < 1.29 is 14.3 Å². The second-order valence-electron chi connectivity index (χ2n) is 8.60. The van der Waals surface area contributed by atoms with E-state index in [-0.39, 0.29) is 24.4 Å². The Hall–Kier alpha value is -3.84. The number of nitrogens with one attached hydrogen (secondary N) is 1. The van der Waals surface area contributed by atoms with Crippen LogP contribution in [0, 0.1) is 0 Å². The molecule has 174 valence electrons. The van der Waals surface area contributed by atoms with Crippen LogP contribution in [0.2, 0.25) is 0 Å². The standard InChI is InChI=1S/C27H28N4O3/c32-26-19-25(21-8-7-13-24(18-21)34-23-11-5-2-6-12-23)28-27(33)31(26)20-29-14-16-30(17-15-29)22-9-3-1-4-10-22/h1-13,18,25H,14-17,19-20H2,(H,28,33). The number of hydrogen-bond donors (Lipinski definition) is 1. The highest BCUT2D eigenvalue weighted by Crippen LogP contribution is 2.28. The van der Waals surface area contributed by atoms with Gasteiger partial charge in [0.05, 0.1) is 19.1 Å². The summed E-state index contributed by atoms with van der Waals surface area (Å²) in [7, 11) is 0. The van der Waals surface area contributed by atoms with Crippen LogP contribution in [0.1, 0.15) is 18.0 Å². The van der Waals surface area contributed by atoms with Crippen molar-refractivity contribution in [3.63, 3.8) is 0 Å². The molecule has 3 aromatic carbocycles. The molecule has 5 rings (SSSR count). The summed E-state index contributed by atoms with van der Waals surface area (Å²) in [6.07, 6.45) is 0.227. The Morgan fingerprint density at radius 1 is 0.794 bits per heavy atom. The van der Waals surface area contributed by atoms with Gasteiger partial charge in [-0.1, -0.05) is 48.5 Å². The summed E-state index contributed by atoms with van der Waals surface area (Å²) in [6, 6.07) is 26.7. The van der Waals surface area contributed by atoms with Gasteiger partial charge in [0.2, 0.25) is 5.91 Å². The molecular weight excluding hydrogens is 428 g/mol. The third-order valence-electron chi connectivity index (χ3n) is 6.30. The van der Waals surface area contributed by atoms with Crippen molar-refractivity contribution >= 4 is 17.6 Å². The highest BCUT2D eigenvalue weighted by molar-refractivity contribution is 5.97. The number of hydrogen-bond acceptors (Lipinski definition) is 5. The van der Waals surface area contributed by atoms with Crippen LogP contribution in [0.5, 0.6) is 11.5 Å². The van der Waals surface area contributed by atoms with Gasteiger partial charge in [-0.2, -0.15) is 0 Å². The topological polar surface area (TPSA) is 65.1 Å². The molecule has 0 radical (unpaired) electrons. The summed E-state index contributed by atoms with van der Waals surface area (Å²) in [6.45, 7) is 3.65. The monoisotopic (exact) mass is 456 g/mol. The van der Waals surface area contributed by atoms with Gasteiger partial charge in [-0.15, -0.1) is 0 Å². The third-order valence-corrected chi connectivity index (χ3v) is 6.30. The minimum absolute atomic E-state index is 0.159. The lowest BCUT2D eigenvalue weighted by molar-refractivity contribution is -0.132. The number of anilines is 1. The van der Waals surface area contributed by atoms with E-state index in [0.29, 0.717) is 12.4 Å². The summed E-state index contributed by atoms with van der Waals surface area (Å²) < 4.78 is 5.91. The summed E-state index contributed by atoms with van der Waals surface area (Å²) in [5, 5.41) is 3.00. The van der Waals surface area contributed by atoms with Gasteiger partial charge in [0.1, 0.15) is 11.5 Å². The molecule has 7 nitrogen and oxygen atoms in total.